The molecular weight excluding hydrogens is 386 g/mol. The summed E-state index contributed by atoms with van der Waals surface area (Å²) in [7, 11) is 0. The molecule has 1 aromatic carbocycles. The summed E-state index contributed by atoms with van der Waals surface area (Å²) >= 11 is 0. The van der Waals surface area contributed by atoms with E-state index in [1.807, 2.05) is 37.3 Å². The first kappa shape index (κ1) is 19.8. The number of carbonyl (C=O) groups is 4. The van der Waals surface area contributed by atoms with Crippen molar-refractivity contribution in [1.82, 2.24) is 19.6 Å². The third kappa shape index (κ3) is 3.36. The summed E-state index contributed by atoms with van der Waals surface area (Å²) in [6.07, 6.45) is 3.23. The SMILES string of the molecule is Cc1nn(-c2ccccc2)c(C)c1NC(=O)CN1C(=O)C(=O)N(C2CCCC2)C1=O. The molecule has 2 aromatic rings. The van der Waals surface area contributed by atoms with Crippen molar-refractivity contribution in [2.24, 2.45) is 0 Å². The van der Waals surface area contributed by atoms with E-state index < -0.39 is 30.3 Å². The minimum Gasteiger partial charge on any atom is -0.321 e. The summed E-state index contributed by atoms with van der Waals surface area (Å²) in [5.74, 6) is -2.35. The average Bonchev–Trinajstić information content (AvgIpc) is 3.40. The molecule has 0 unspecified atom stereocenters. The largest absolute Gasteiger partial charge is 0.334 e. The molecule has 1 aliphatic carbocycles. The maximum absolute atomic E-state index is 12.6. The number of benzene rings is 1. The van der Waals surface area contributed by atoms with Crippen LogP contribution in [0.1, 0.15) is 37.1 Å². The van der Waals surface area contributed by atoms with E-state index in [9.17, 15) is 19.2 Å². The molecule has 0 atom stereocenters. The van der Waals surface area contributed by atoms with Gasteiger partial charge in [-0.2, -0.15) is 5.10 Å². The van der Waals surface area contributed by atoms with Gasteiger partial charge in [0, 0.05) is 6.04 Å². The molecule has 2 heterocycles. The van der Waals surface area contributed by atoms with Crippen molar-refractivity contribution in [3.8, 4) is 5.69 Å². The fourth-order valence-electron chi connectivity index (χ4n) is 4.11. The Balaban J connectivity index is 1.49. The molecule has 2 fully saturated rings. The monoisotopic (exact) mass is 409 g/mol. The van der Waals surface area contributed by atoms with Crippen molar-refractivity contribution in [3.63, 3.8) is 0 Å². The van der Waals surface area contributed by atoms with Gasteiger partial charge in [-0.05, 0) is 38.8 Å². The Kier molecular flexibility index (Phi) is 5.11. The number of hydrogen-bond acceptors (Lipinski definition) is 5. The highest BCUT2D eigenvalue weighted by Crippen LogP contribution is 2.28. The quantitative estimate of drug-likeness (QED) is 0.602. The van der Waals surface area contributed by atoms with E-state index in [1.165, 1.54) is 0 Å². The van der Waals surface area contributed by atoms with Gasteiger partial charge in [-0.25, -0.2) is 14.4 Å². The molecule has 0 bridgehead atoms. The Bertz CT molecular complexity index is 1020. The van der Waals surface area contributed by atoms with Crippen LogP contribution >= 0.6 is 0 Å². The first-order valence-corrected chi connectivity index (χ1v) is 9.99. The third-order valence-corrected chi connectivity index (χ3v) is 5.63. The first-order chi connectivity index (χ1) is 14.4. The maximum Gasteiger partial charge on any atom is 0.334 e. The fraction of sp³-hybridized carbons (Fsp3) is 0.381. The van der Waals surface area contributed by atoms with Crippen LogP contribution in [0.4, 0.5) is 10.5 Å². The number of carbonyl (C=O) groups excluding carboxylic acids is 4. The molecule has 4 rings (SSSR count). The molecule has 1 aromatic heterocycles. The van der Waals surface area contributed by atoms with Gasteiger partial charge in [0.25, 0.3) is 0 Å². The summed E-state index contributed by atoms with van der Waals surface area (Å²) in [6.45, 7) is 3.07. The lowest BCUT2D eigenvalue weighted by atomic mass is 10.2. The first-order valence-electron chi connectivity index (χ1n) is 9.99. The molecule has 0 radical (unpaired) electrons. The van der Waals surface area contributed by atoms with Gasteiger partial charge >= 0.3 is 17.8 Å². The van der Waals surface area contributed by atoms with E-state index in [4.69, 9.17) is 0 Å². The number of amides is 5. The van der Waals surface area contributed by atoms with Crippen molar-refractivity contribution in [3.05, 3.63) is 41.7 Å². The summed E-state index contributed by atoms with van der Waals surface area (Å²) in [6, 6.07) is 8.52. The highest BCUT2D eigenvalue weighted by atomic mass is 16.2. The van der Waals surface area contributed by atoms with Crippen molar-refractivity contribution in [1.29, 1.82) is 0 Å². The van der Waals surface area contributed by atoms with Crippen LogP contribution in [0.2, 0.25) is 0 Å². The van der Waals surface area contributed by atoms with E-state index in [-0.39, 0.29) is 6.04 Å². The average molecular weight is 409 g/mol. The van der Waals surface area contributed by atoms with Crippen molar-refractivity contribution < 1.29 is 19.2 Å². The van der Waals surface area contributed by atoms with E-state index >= 15 is 0 Å². The summed E-state index contributed by atoms with van der Waals surface area (Å²) in [5.41, 5.74) is 2.69. The summed E-state index contributed by atoms with van der Waals surface area (Å²) < 4.78 is 1.71. The molecule has 9 nitrogen and oxygen atoms in total. The van der Waals surface area contributed by atoms with Gasteiger partial charge in [-0.3, -0.25) is 19.3 Å². The number of urea groups is 1. The van der Waals surface area contributed by atoms with Gasteiger partial charge in [0.2, 0.25) is 5.91 Å². The van der Waals surface area contributed by atoms with Crippen LogP contribution in [-0.4, -0.2) is 55.9 Å². The molecular formula is C21H23N5O4. The number of imide groups is 2. The molecule has 156 valence electrons. The van der Waals surface area contributed by atoms with Crippen LogP contribution in [-0.2, 0) is 14.4 Å². The van der Waals surface area contributed by atoms with E-state index in [1.54, 1.807) is 11.6 Å². The third-order valence-electron chi connectivity index (χ3n) is 5.63. The number of anilines is 1. The molecule has 30 heavy (non-hydrogen) atoms. The Morgan fingerprint density at radius 1 is 1.07 bits per heavy atom. The molecule has 9 heteroatoms. The van der Waals surface area contributed by atoms with Crippen molar-refractivity contribution in [2.45, 2.75) is 45.6 Å². The minimum absolute atomic E-state index is 0.254. The lowest BCUT2D eigenvalue weighted by Crippen LogP contribution is -2.41. The Morgan fingerprint density at radius 3 is 2.40 bits per heavy atom. The predicted octanol–water partition coefficient (Wildman–Crippen LogP) is 2.16. The number of aryl methyl sites for hydroxylation is 1. The lowest BCUT2D eigenvalue weighted by Gasteiger charge is -2.20. The van der Waals surface area contributed by atoms with Gasteiger partial charge in [-0.1, -0.05) is 31.0 Å². The van der Waals surface area contributed by atoms with Crippen LogP contribution in [0.5, 0.6) is 0 Å². The predicted molar refractivity (Wildman–Crippen MR) is 108 cm³/mol. The van der Waals surface area contributed by atoms with Crippen molar-refractivity contribution >= 4 is 29.4 Å². The zero-order valence-electron chi connectivity index (χ0n) is 16.9. The van der Waals surface area contributed by atoms with E-state index in [0.29, 0.717) is 24.2 Å². The molecule has 1 aliphatic heterocycles. The van der Waals surface area contributed by atoms with Gasteiger partial charge < -0.3 is 5.32 Å². The topological polar surface area (TPSA) is 105 Å². The summed E-state index contributed by atoms with van der Waals surface area (Å²) in [5, 5.41) is 7.20. The summed E-state index contributed by atoms with van der Waals surface area (Å²) in [4.78, 5) is 51.6. The number of hydrogen-bond donors (Lipinski definition) is 1. The maximum atomic E-state index is 12.6. The van der Waals surface area contributed by atoms with Crippen LogP contribution < -0.4 is 5.32 Å². The lowest BCUT2D eigenvalue weighted by molar-refractivity contribution is -0.144. The highest BCUT2D eigenvalue weighted by molar-refractivity contribution is 6.45. The van der Waals surface area contributed by atoms with E-state index in [0.717, 1.165) is 34.0 Å². The Hall–Kier alpha value is -3.49. The van der Waals surface area contributed by atoms with Gasteiger partial charge in [0.15, 0.2) is 0 Å². The number of para-hydroxylation sites is 1. The van der Waals surface area contributed by atoms with Crippen LogP contribution in [0, 0.1) is 13.8 Å². The van der Waals surface area contributed by atoms with Crippen LogP contribution in [0.3, 0.4) is 0 Å². The van der Waals surface area contributed by atoms with Gasteiger partial charge in [0.1, 0.15) is 6.54 Å². The second-order valence-corrected chi connectivity index (χ2v) is 7.63. The molecule has 5 amide bonds. The Labute approximate surface area is 173 Å². The van der Waals surface area contributed by atoms with Gasteiger partial charge in [0.05, 0.1) is 22.8 Å². The minimum atomic E-state index is -0.949. The normalized spacial score (nSPS) is 17.3. The van der Waals surface area contributed by atoms with Crippen molar-refractivity contribution in [2.75, 3.05) is 11.9 Å². The second-order valence-electron chi connectivity index (χ2n) is 7.63. The molecule has 0 spiro atoms. The smallest absolute Gasteiger partial charge is 0.321 e. The zero-order valence-corrected chi connectivity index (χ0v) is 16.9. The Morgan fingerprint density at radius 2 is 1.73 bits per heavy atom. The standard InChI is InChI=1S/C21H23N5O4/c1-13-18(14(2)26(23-13)16-10-4-3-5-11-16)22-17(27)12-24-19(28)20(29)25(21(24)30)15-8-6-7-9-15/h3-5,10-11,15H,6-9,12H2,1-2H3,(H,22,27). The number of aromatic nitrogens is 2. The van der Waals surface area contributed by atoms with E-state index in [2.05, 4.69) is 10.4 Å². The molecule has 1 saturated carbocycles. The number of rotatable bonds is 5. The molecule has 1 N–H and O–H groups in total. The molecule has 2 aliphatic rings. The van der Waals surface area contributed by atoms with Crippen LogP contribution in [0.15, 0.2) is 30.3 Å². The highest BCUT2D eigenvalue weighted by Gasteiger charge is 2.48. The number of nitrogens with zero attached hydrogens (tertiary/aromatic N) is 4. The number of nitrogens with one attached hydrogen (secondary N) is 1. The van der Waals surface area contributed by atoms with Crippen LogP contribution in [0.25, 0.3) is 5.69 Å². The molecule has 1 saturated heterocycles. The van der Waals surface area contributed by atoms with Gasteiger partial charge in [-0.15, -0.1) is 0 Å². The zero-order chi connectivity index (χ0) is 21.4. The second kappa shape index (κ2) is 7.74. The fourth-order valence-corrected chi connectivity index (χ4v) is 4.11.